The second-order valence-corrected chi connectivity index (χ2v) is 8.98. The lowest BCUT2D eigenvalue weighted by Crippen LogP contribution is -2.43. The molecule has 1 heterocycles. The fourth-order valence-corrected chi connectivity index (χ4v) is 4.52. The van der Waals surface area contributed by atoms with Crippen molar-refractivity contribution < 1.29 is 13.2 Å². The number of sulfonamides is 1. The molecule has 1 aliphatic heterocycles. The van der Waals surface area contributed by atoms with Crippen LogP contribution < -0.4 is 4.72 Å². The minimum atomic E-state index is -3.63. The zero-order valence-corrected chi connectivity index (χ0v) is 17.1. The first-order valence-corrected chi connectivity index (χ1v) is 10.9. The number of halogens is 1. The van der Waals surface area contributed by atoms with Gasteiger partial charge in [0.2, 0.25) is 10.0 Å². The summed E-state index contributed by atoms with van der Waals surface area (Å²) in [6.07, 6.45) is 0. The number of rotatable bonds is 6. The predicted molar refractivity (Wildman–Crippen MR) is 106 cm³/mol. The average Bonchev–Trinajstić information content (AvgIpc) is 2.65. The van der Waals surface area contributed by atoms with Crippen LogP contribution in [0.3, 0.4) is 0 Å². The first-order chi connectivity index (χ1) is 12.5. The quantitative estimate of drug-likeness (QED) is 0.752. The van der Waals surface area contributed by atoms with Crippen LogP contribution in [0, 0.1) is 6.92 Å². The summed E-state index contributed by atoms with van der Waals surface area (Å²) in [6.45, 7) is 5.47. The molecule has 0 amide bonds. The molecule has 0 aliphatic carbocycles. The van der Waals surface area contributed by atoms with Crippen LogP contribution >= 0.6 is 15.9 Å². The number of morpholine rings is 1. The van der Waals surface area contributed by atoms with E-state index >= 15 is 0 Å². The molecule has 1 saturated heterocycles. The number of nitrogens with one attached hydrogen (secondary N) is 1. The molecular weight excluding hydrogens is 416 g/mol. The van der Waals surface area contributed by atoms with Gasteiger partial charge in [-0.25, -0.2) is 13.1 Å². The fourth-order valence-electron chi connectivity index (χ4n) is 2.98. The molecule has 2 aromatic rings. The molecule has 0 aromatic heterocycles. The Bertz CT molecular complexity index is 837. The second kappa shape index (κ2) is 8.63. The monoisotopic (exact) mass is 438 g/mol. The van der Waals surface area contributed by atoms with Crippen LogP contribution in [0.2, 0.25) is 0 Å². The van der Waals surface area contributed by atoms with E-state index in [9.17, 15) is 8.42 Å². The van der Waals surface area contributed by atoms with Crippen molar-refractivity contribution in [3.63, 3.8) is 0 Å². The van der Waals surface area contributed by atoms with E-state index in [4.69, 9.17) is 4.74 Å². The molecule has 5 nitrogen and oxygen atoms in total. The Morgan fingerprint density at radius 3 is 2.50 bits per heavy atom. The zero-order chi connectivity index (χ0) is 18.6. The molecule has 0 saturated carbocycles. The maximum atomic E-state index is 13.0. The van der Waals surface area contributed by atoms with Crippen molar-refractivity contribution in [2.75, 3.05) is 32.8 Å². The van der Waals surface area contributed by atoms with E-state index in [-0.39, 0.29) is 10.9 Å². The van der Waals surface area contributed by atoms with Gasteiger partial charge in [0.15, 0.2) is 0 Å². The summed E-state index contributed by atoms with van der Waals surface area (Å²) in [4.78, 5) is 2.51. The van der Waals surface area contributed by atoms with Gasteiger partial charge in [0, 0.05) is 24.1 Å². The zero-order valence-electron chi connectivity index (χ0n) is 14.7. The number of ether oxygens (including phenoxy) is 1. The van der Waals surface area contributed by atoms with Gasteiger partial charge in [-0.05, 0) is 36.2 Å². The Balaban J connectivity index is 1.85. The highest BCUT2D eigenvalue weighted by atomic mass is 79.9. The fraction of sp³-hybridized carbons (Fsp3) is 0.368. The molecule has 0 radical (unpaired) electrons. The molecule has 0 bridgehead atoms. The van der Waals surface area contributed by atoms with Crippen molar-refractivity contribution in [1.82, 2.24) is 9.62 Å². The van der Waals surface area contributed by atoms with Crippen LogP contribution in [0.4, 0.5) is 0 Å². The average molecular weight is 439 g/mol. The highest BCUT2D eigenvalue weighted by molar-refractivity contribution is 9.10. The maximum Gasteiger partial charge on any atom is 0.241 e. The summed E-state index contributed by atoms with van der Waals surface area (Å²) in [5, 5.41) is 0. The van der Waals surface area contributed by atoms with Gasteiger partial charge in [0.05, 0.1) is 24.2 Å². The maximum absolute atomic E-state index is 13.0. The summed E-state index contributed by atoms with van der Waals surface area (Å²) in [5.41, 5.74) is 1.84. The summed E-state index contributed by atoms with van der Waals surface area (Å²) < 4.78 is 35.1. The van der Waals surface area contributed by atoms with E-state index in [2.05, 4.69) is 25.6 Å². The Kier molecular flexibility index (Phi) is 6.47. The summed E-state index contributed by atoms with van der Waals surface area (Å²) >= 11 is 3.42. The van der Waals surface area contributed by atoms with Crippen LogP contribution in [0.15, 0.2) is 57.9 Å². The lowest BCUT2D eigenvalue weighted by atomic mass is 10.1. The van der Waals surface area contributed by atoms with E-state index < -0.39 is 10.0 Å². The molecule has 7 heteroatoms. The molecule has 1 atom stereocenters. The van der Waals surface area contributed by atoms with E-state index in [1.165, 1.54) is 0 Å². The third-order valence-electron chi connectivity index (χ3n) is 4.48. The Morgan fingerprint density at radius 2 is 1.85 bits per heavy atom. The largest absolute Gasteiger partial charge is 0.379 e. The smallest absolute Gasteiger partial charge is 0.241 e. The van der Waals surface area contributed by atoms with Crippen LogP contribution in [0.5, 0.6) is 0 Å². The van der Waals surface area contributed by atoms with Crippen LogP contribution in [-0.2, 0) is 14.8 Å². The van der Waals surface area contributed by atoms with Crippen molar-refractivity contribution in [3.05, 3.63) is 64.1 Å². The summed E-state index contributed by atoms with van der Waals surface area (Å²) in [6, 6.07) is 14.5. The van der Waals surface area contributed by atoms with E-state index in [0.29, 0.717) is 19.8 Å². The third-order valence-corrected chi connectivity index (χ3v) is 6.84. The Labute approximate surface area is 163 Å². The van der Waals surface area contributed by atoms with E-state index in [1.54, 1.807) is 18.2 Å². The topological polar surface area (TPSA) is 58.6 Å². The molecule has 1 aliphatic rings. The number of nitrogens with zero attached hydrogens (tertiary/aromatic N) is 1. The van der Waals surface area contributed by atoms with Crippen molar-refractivity contribution in [3.8, 4) is 0 Å². The minimum absolute atomic E-state index is 0.279. The summed E-state index contributed by atoms with van der Waals surface area (Å²) in [5.74, 6) is 0. The van der Waals surface area contributed by atoms with Crippen LogP contribution in [-0.4, -0.2) is 46.2 Å². The van der Waals surface area contributed by atoms with Crippen molar-refractivity contribution in [2.24, 2.45) is 0 Å². The number of aryl methyl sites for hydroxylation is 1. The number of hydrogen-bond acceptors (Lipinski definition) is 4. The lowest BCUT2D eigenvalue weighted by molar-refractivity contribution is 0.0345. The van der Waals surface area contributed by atoms with Crippen LogP contribution in [0.25, 0.3) is 0 Å². The Morgan fingerprint density at radius 1 is 1.15 bits per heavy atom. The molecule has 0 spiro atoms. The Hall–Kier alpha value is -1.25. The first-order valence-electron chi connectivity index (χ1n) is 8.59. The van der Waals surface area contributed by atoms with Crippen molar-refractivity contribution in [2.45, 2.75) is 17.9 Å². The standard InChI is InChI=1S/C19H23BrN2O3S/c1-15-13-17(7-8-18(15)20)26(23,24)21-19(16-5-3-2-4-6-16)14-22-9-11-25-12-10-22/h2-8,13,19,21H,9-12,14H2,1H3/t19-/m0/s1. The SMILES string of the molecule is Cc1cc(S(=O)(=O)N[C@@H](CN2CCOCC2)c2ccccc2)ccc1Br. The van der Waals surface area contributed by atoms with Gasteiger partial charge in [0.25, 0.3) is 0 Å². The van der Waals surface area contributed by atoms with E-state index in [1.807, 2.05) is 37.3 Å². The molecule has 0 unspecified atom stereocenters. The third kappa shape index (κ3) is 4.92. The highest BCUT2D eigenvalue weighted by Crippen LogP contribution is 2.23. The van der Waals surface area contributed by atoms with Crippen molar-refractivity contribution in [1.29, 1.82) is 0 Å². The van der Waals surface area contributed by atoms with Gasteiger partial charge in [-0.3, -0.25) is 4.90 Å². The van der Waals surface area contributed by atoms with Gasteiger partial charge in [-0.2, -0.15) is 0 Å². The summed E-state index contributed by atoms with van der Waals surface area (Å²) in [7, 11) is -3.63. The molecule has 2 aromatic carbocycles. The first kappa shape index (κ1) is 19.5. The molecule has 3 rings (SSSR count). The van der Waals surface area contributed by atoms with Gasteiger partial charge in [-0.1, -0.05) is 46.3 Å². The predicted octanol–water partition coefficient (Wildman–Crippen LogP) is 3.11. The second-order valence-electron chi connectivity index (χ2n) is 6.41. The van der Waals surface area contributed by atoms with Gasteiger partial charge >= 0.3 is 0 Å². The highest BCUT2D eigenvalue weighted by Gasteiger charge is 2.24. The lowest BCUT2D eigenvalue weighted by Gasteiger charge is -2.31. The van der Waals surface area contributed by atoms with Gasteiger partial charge in [0.1, 0.15) is 0 Å². The van der Waals surface area contributed by atoms with Gasteiger partial charge in [-0.15, -0.1) is 0 Å². The number of benzene rings is 2. The van der Waals surface area contributed by atoms with Gasteiger partial charge < -0.3 is 4.74 Å². The van der Waals surface area contributed by atoms with Crippen molar-refractivity contribution >= 4 is 26.0 Å². The minimum Gasteiger partial charge on any atom is -0.379 e. The number of hydrogen-bond donors (Lipinski definition) is 1. The van der Waals surface area contributed by atoms with Crippen LogP contribution in [0.1, 0.15) is 17.2 Å². The molecular formula is C19H23BrN2O3S. The molecule has 26 heavy (non-hydrogen) atoms. The molecule has 1 N–H and O–H groups in total. The normalized spacial score (nSPS) is 17.2. The molecule has 140 valence electrons. The molecule has 1 fully saturated rings. The van der Waals surface area contributed by atoms with E-state index in [0.717, 1.165) is 28.7 Å².